The maximum Gasteiger partial charge on any atom is 0.272 e. The zero-order chi connectivity index (χ0) is 16.4. The lowest BCUT2D eigenvalue weighted by atomic mass is 10.1. The number of rotatable bonds is 4. The molecular formula is C14H16Cl2N2O5. The summed E-state index contributed by atoms with van der Waals surface area (Å²) in [6, 6.07) is 2.53. The second-order valence-corrected chi connectivity index (χ2v) is 6.31. The number of benzene rings is 1. The second kappa shape index (κ2) is 6.78. The summed E-state index contributed by atoms with van der Waals surface area (Å²) >= 11 is 12.1. The first-order valence-corrected chi connectivity index (χ1v) is 8.01. The van der Waals surface area contributed by atoms with Crippen molar-refractivity contribution >= 4 is 34.6 Å². The number of hydrogen-bond donors (Lipinski definition) is 1. The zero-order valence-corrected chi connectivity index (χ0v) is 13.7. The van der Waals surface area contributed by atoms with Gasteiger partial charge in [0.1, 0.15) is 6.10 Å². The fourth-order valence-corrected chi connectivity index (χ4v) is 3.32. The van der Waals surface area contributed by atoms with Gasteiger partial charge in [0.15, 0.2) is 5.79 Å². The van der Waals surface area contributed by atoms with Crippen molar-refractivity contribution in [3.8, 4) is 0 Å². The average Bonchev–Trinajstić information content (AvgIpc) is 2.89. The van der Waals surface area contributed by atoms with Crippen molar-refractivity contribution in [2.75, 3.05) is 31.7 Å². The van der Waals surface area contributed by atoms with E-state index in [0.29, 0.717) is 44.9 Å². The molecule has 2 aliphatic heterocycles. The van der Waals surface area contributed by atoms with Crippen molar-refractivity contribution in [2.45, 2.75) is 24.7 Å². The predicted octanol–water partition coefficient (Wildman–Crippen LogP) is 3.24. The number of anilines is 1. The third kappa shape index (κ3) is 3.70. The molecule has 1 aromatic rings. The van der Waals surface area contributed by atoms with E-state index < -0.39 is 10.7 Å². The van der Waals surface area contributed by atoms with E-state index >= 15 is 0 Å². The highest BCUT2D eigenvalue weighted by molar-refractivity contribution is 6.39. The molecule has 2 fully saturated rings. The highest BCUT2D eigenvalue weighted by Crippen LogP contribution is 2.36. The Morgan fingerprint density at radius 3 is 2.57 bits per heavy atom. The maximum absolute atomic E-state index is 10.8. The Labute approximate surface area is 142 Å². The van der Waals surface area contributed by atoms with Gasteiger partial charge in [-0.05, 0) is 0 Å². The normalized spacial score (nSPS) is 23.1. The molecule has 1 unspecified atom stereocenters. The molecular weight excluding hydrogens is 347 g/mol. The van der Waals surface area contributed by atoms with Gasteiger partial charge < -0.3 is 19.5 Å². The third-order valence-electron chi connectivity index (χ3n) is 3.91. The van der Waals surface area contributed by atoms with Crippen LogP contribution in [0.5, 0.6) is 0 Å². The minimum atomic E-state index is -0.548. The number of nitrogens with zero attached hydrogens (tertiary/aromatic N) is 1. The van der Waals surface area contributed by atoms with Gasteiger partial charge in [0.05, 0.1) is 40.5 Å². The summed E-state index contributed by atoms with van der Waals surface area (Å²) < 4.78 is 17.1. The lowest BCUT2D eigenvalue weighted by molar-refractivity contribution is -0.384. The van der Waals surface area contributed by atoms with E-state index in [4.69, 9.17) is 37.4 Å². The number of non-ortho nitro benzene ring substituents is 1. The molecule has 0 aromatic heterocycles. The first kappa shape index (κ1) is 16.7. The molecule has 7 nitrogen and oxygen atoms in total. The molecule has 126 valence electrons. The molecule has 1 aromatic carbocycles. The molecule has 23 heavy (non-hydrogen) atoms. The van der Waals surface area contributed by atoms with Gasteiger partial charge in [0.25, 0.3) is 5.69 Å². The molecule has 2 saturated heterocycles. The van der Waals surface area contributed by atoms with Gasteiger partial charge in [-0.1, -0.05) is 23.2 Å². The first-order valence-electron chi connectivity index (χ1n) is 7.26. The molecule has 9 heteroatoms. The zero-order valence-electron chi connectivity index (χ0n) is 12.2. The van der Waals surface area contributed by atoms with Crippen LogP contribution in [0.15, 0.2) is 12.1 Å². The van der Waals surface area contributed by atoms with Crippen molar-refractivity contribution in [2.24, 2.45) is 0 Å². The van der Waals surface area contributed by atoms with E-state index in [1.807, 2.05) is 0 Å². The molecule has 2 heterocycles. The number of halogens is 2. The molecule has 0 amide bonds. The minimum absolute atomic E-state index is 0.143. The van der Waals surface area contributed by atoms with Crippen LogP contribution in [0.1, 0.15) is 12.8 Å². The van der Waals surface area contributed by atoms with Crippen LogP contribution in [-0.4, -0.2) is 43.2 Å². The predicted molar refractivity (Wildman–Crippen MR) is 85.2 cm³/mol. The number of ether oxygens (including phenoxy) is 3. The highest BCUT2D eigenvalue weighted by Gasteiger charge is 2.42. The summed E-state index contributed by atoms with van der Waals surface area (Å²) in [6.45, 7) is 2.16. The Morgan fingerprint density at radius 1 is 1.30 bits per heavy atom. The van der Waals surface area contributed by atoms with Crippen molar-refractivity contribution in [3.05, 3.63) is 32.3 Å². The topological polar surface area (TPSA) is 82.9 Å². The molecule has 2 aliphatic rings. The van der Waals surface area contributed by atoms with Crippen LogP contribution in [0, 0.1) is 10.1 Å². The molecule has 3 rings (SSSR count). The van der Waals surface area contributed by atoms with Crippen LogP contribution in [0.25, 0.3) is 0 Å². The Bertz CT molecular complexity index is 584. The molecule has 0 bridgehead atoms. The number of nitro groups is 1. The van der Waals surface area contributed by atoms with Gasteiger partial charge in [-0.15, -0.1) is 0 Å². The van der Waals surface area contributed by atoms with Crippen LogP contribution < -0.4 is 5.32 Å². The Morgan fingerprint density at radius 2 is 1.96 bits per heavy atom. The molecule has 1 atom stereocenters. The number of nitrogens with one attached hydrogen (secondary N) is 1. The van der Waals surface area contributed by atoms with Crippen LogP contribution in [0.4, 0.5) is 11.4 Å². The second-order valence-electron chi connectivity index (χ2n) is 5.50. The van der Waals surface area contributed by atoms with E-state index in [0.717, 1.165) is 0 Å². The fraction of sp³-hybridized carbons (Fsp3) is 0.571. The summed E-state index contributed by atoms with van der Waals surface area (Å²) in [6.07, 6.45) is 1.28. The molecule has 0 radical (unpaired) electrons. The summed E-state index contributed by atoms with van der Waals surface area (Å²) in [4.78, 5) is 10.2. The minimum Gasteiger partial charge on any atom is -0.381 e. The van der Waals surface area contributed by atoms with Gasteiger partial charge >= 0.3 is 0 Å². The Balaban J connectivity index is 1.62. The largest absolute Gasteiger partial charge is 0.381 e. The lowest BCUT2D eigenvalue weighted by Gasteiger charge is -2.31. The number of hydrogen-bond acceptors (Lipinski definition) is 6. The molecule has 0 saturated carbocycles. The van der Waals surface area contributed by atoms with Gasteiger partial charge in [-0.3, -0.25) is 10.1 Å². The van der Waals surface area contributed by atoms with Gasteiger partial charge in [-0.2, -0.15) is 0 Å². The Kier molecular flexibility index (Phi) is 4.93. The summed E-state index contributed by atoms with van der Waals surface area (Å²) in [7, 11) is 0. The van der Waals surface area contributed by atoms with E-state index in [9.17, 15) is 10.1 Å². The fourth-order valence-electron chi connectivity index (χ4n) is 2.71. The summed E-state index contributed by atoms with van der Waals surface area (Å²) in [5.74, 6) is -0.548. The Hall–Kier alpha value is -1.12. The molecule has 0 aliphatic carbocycles. The standard InChI is InChI=1S/C14H16Cl2N2O5/c15-11-5-9(18(19)20)6-12(16)13(11)17-7-10-8-22-14(23-10)1-3-21-4-2-14/h5-6,10,17H,1-4,7-8H2. The van der Waals surface area contributed by atoms with Gasteiger partial charge in [-0.25, -0.2) is 0 Å². The maximum atomic E-state index is 10.8. The SMILES string of the molecule is O=[N+]([O-])c1cc(Cl)c(NCC2COC3(CCOCC3)O2)c(Cl)c1. The smallest absolute Gasteiger partial charge is 0.272 e. The van der Waals surface area contributed by atoms with Gasteiger partial charge in [0, 0.05) is 31.5 Å². The molecule has 1 N–H and O–H groups in total. The molecule has 1 spiro atoms. The van der Waals surface area contributed by atoms with E-state index in [1.54, 1.807) is 0 Å². The summed E-state index contributed by atoms with van der Waals surface area (Å²) in [5, 5.41) is 14.3. The number of nitro benzene ring substituents is 1. The van der Waals surface area contributed by atoms with E-state index in [-0.39, 0.29) is 21.8 Å². The first-order chi connectivity index (χ1) is 11.0. The van der Waals surface area contributed by atoms with Crippen molar-refractivity contribution in [1.82, 2.24) is 0 Å². The quantitative estimate of drug-likeness (QED) is 0.653. The third-order valence-corrected chi connectivity index (χ3v) is 4.51. The van der Waals surface area contributed by atoms with Crippen LogP contribution in [-0.2, 0) is 14.2 Å². The van der Waals surface area contributed by atoms with Crippen molar-refractivity contribution in [3.63, 3.8) is 0 Å². The van der Waals surface area contributed by atoms with Crippen molar-refractivity contribution in [1.29, 1.82) is 0 Å². The highest BCUT2D eigenvalue weighted by atomic mass is 35.5. The summed E-state index contributed by atoms with van der Waals surface area (Å²) in [5.41, 5.74) is 0.308. The van der Waals surface area contributed by atoms with Crippen LogP contribution in [0.2, 0.25) is 10.0 Å². The lowest BCUT2D eigenvalue weighted by Crippen LogP contribution is -2.38. The van der Waals surface area contributed by atoms with E-state index in [2.05, 4.69) is 5.32 Å². The van der Waals surface area contributed by atoms with E-state index in [1.165, 1.54) is 12.1 Å². The van der Waals surface area contributed by atoms with Crippen LogP contribution in [0.3, 0.4) is 0 Å². The average molecular weight is 363 g/mol. The van der Waals surface area contributed by atoms with Crippen LogP contribution >= 0.6 is 23.2 Å². The monoisotopic (exact) mass is 362 g/mol. The van der Waals surface area contributed by atoms with Crippen molar-refractivity contribution < 1.29 is 19.1 Å². The van der Waals surface area contributed by atoms with Gasteiger partial charge in [0.2, 0.25) is 0 Å².